The van der Waals surface area contributed by atoms with E-state index in [2.05, 4.69) is 37.3 Å². The van der Waals surface area contributed by atoms with Crippen LogP contribution in [-0.4, -0.2) is 47.1 Å². The van der Waals surface area contributed by atoms with E-state index < -0.39 is 5.92 Å². The molecule has 1 N–H and O–H groups in total. The highest BCUT2D eigenvalue weighted by Crippen LogP contribution is 2.54. The molecule has 0 atom stereocenters. The third kappa shape index (κ3) is 4.14. The molecule has 178 valence electrons. The number of alkyl halides is 2. The Morgan fingerprint density at radius 1 is 0.853 bits per heavy atom. The number of aryl methyl sites for hydroxylation is 1. The quantitative estimate of drug-likeness (QED) is 0.535. The van der Waals surface area contributed by atoms with Crippen molar-refractivity contribution in [3.05, 3.63) is 42.5 Å². The van der Waals surface area contributed by atoms with Gasteiger partial charge >= 0.3 is 0 Å². The van der Waals surface area contributed by atoms with E-state index in [4.69, 9.17) is 0 Å². The van der Waals surface area contributed by atoms with Crippen molar-refractivity contribution in [2.75, 3.05) is 41.3 Å². The second kappa shape index (κ2) is 8.03. The molecule has 0 unspecified atom stereocenters. The zero-order chi connectivity index (χ0) is 23.3. The van der Waals surface area contributed by atoms with Gasteiger partial charge in [-0.1, -0.05) is 0 Å². The van der Waals surface area contributed by atoms with Crippen molar-refractivity contribution >= 4 is 33.8 Å². The first-order valence-electron chi connectivity index (χ1n) is 12.3. The molecule has 34 heavy (non-hydrogen) atoms. The number of pyridine rings is 1. The molecule has 0 amide bonds. The maximum absolute atomic E-state index is 13.7. The van der Waals surface area contributed by atoms with E-state index in [-0.39, 0.29) is 12.8 Å². The molecule has 3 aliphatic rings. The lowest BCUT2D eigenvalue weighted by Crippen LogP contribution is -2.39. The molecule has 3 fully saturated rings. The lowest BCUT2D eigenvalue weighted by molar-refractivity contribution is -0.0220. The van der Waals surface area contributed by atoms with Crippen molar-refractivity contribution in [2.24, 2.45) is 5.41 Å². The van der Waals surface area contributed by atoms with Crippen molar-refractivity contribution in [3.63, 3.8) is 0 Å². The molecule has 0 radical (unpaired) electrons. The van der Waals surface area contributed by atoms with Crippen LogP contribution in [0, 0.1) is 12.3 Å². The van der Waals surface area contributed by atoms with Crippen LogP contribution in [0.3, 0.4) is 0 Å². The molecular formula is C26H30F2N6. The second-order valence-electron chi connectivity index (χ2n) is 10.3. The number of benzene rings is 1. The van der Waals surface area contributed by atoms with Gasteiger partial charge in [0.2, 0.25) is 0 Å². The van der Waals surface area contributed by atoms with Crippen LogP contribution in [0.25, 0.3) is 10.9 Å². The zero-order valence-electron chi connectivity index (χ0n) is 19.5. The maximum Gasteiger partial charge on any atom is 0.251 e. The topological polar surface area (TPSA) is 57.2 Å². The molecule has 1 saturated carbocycles. The van der Waals surface area contributed by atoms with Gasteiger partial charge in [-0.3, -0.25) is 4.98 Å². The fraction of sp³-hybridized carbons (Fsp3) is 0.500. The fourth-order valence-corrected chi connectivity index (χ4v) is 5.47. The summed E-state index contributed by atoms with van der Waals surface area (Å²) >= 11 is 0. The molecule has 6 rings (SSSR count). The summed E-state index contributed by atoms with van der Waals surface area (Å²) in [7, 11) is 0. The van der Waals surface area contributed by atoms with Gasteiger partial charge in [0.15, 0.2) is 0 Å². The minimum Gasteiger partial charge on any atom is -0.371 e. The van der Waals surface area contributed by atoms with Crippen LogP contribution in [0.4, 0.5) is 31.7 Å². The van der Waals surface area contributed by atoms with Crippen LogP contribution in [0.15, 0.2) is 36.9 Å². The number of piperidine rings is 2. The van der Waals surface area contributed by atoms with Crippen LogP contribution in [0.1, 0.15) is 44.1 Å². The average molecular weight is 465 g/mol. The molecule has 1 aliphatic carbocycles. The largest absolute Gasteiger partial charge is 0.371 e. The van der Waals surface area contributed by atoms with Crippen LogP contribution >= 0.6 is 0 Å². The Balaban J connectivity index is 1.31. The normalized spacial score (nSPS) is 21.1. The Morgan fingerprint density at radius 2 is 1.59 bits per heavy atom. The van der Waals surface area contributed by atoms with Crippen molar-refractivity contribution in [2.45, 2.75) is 51.4 Å². The number of hydrogen-bond donors (Lipinski definition) is 1. The van der Waals surface area contributed by atoms with Gasteiger partial charge < -0.3 is 15.1 Å². The number of nitrogens with one attached hydrogen (secondary N) is 1. The molecule has 3 aromatic rings. The van der Waals surface area contributed by atoms with Gasteiger partial charge in [0.05, 0.1) is 29.0 Å². The molecule has 2 aromatic heterocycles. The number of nitrogens with zero attached hydrogens (tertiary/aromatic N) is 5. The number of fused-ring (bicyclic) bond motifs is 1. The van der Waals surface area contributed by atoms with Crippen LogP contribution in [0.5, 0.6) is 0 Å². The molecule has 1 aromatic carbocycles. The Bertz CT molecular complexity index is 1200. The van der Waals surface area contributed by atoms with Gasteiger partial charge in [0.25, 0.3) is 5.92 Å². The number of anilines is 4. The van der Waals surface area contributed by atoms with Gasteiger partial charge in [0.1, 0.15) is 12.1 Å². The first kappa shape index (κ1) is 21.5. The standard InChI is InChI=1S/C26H30F2N6/c1-18-12-19(14-20(13-18)33-10-6-26(27,28)7-11-33)32-24-23-21(30-17-31-24)15-29-16-22(23)34-8-4-25(2-3-25)5-9-34/h12-17H,2-11H2,1H3,(H,30,31,32). The Hall–Kier alpha value is -3.03. The molecule has 6 nitrogen and oxygen atoms in total. The molecule has 4 heterocycles. The Kier molecular flexibility index (Phi) is 5.08. The molecule has 2 aliphatic heterocycles. The Morgan fingerprint density at radius 3 is 2.32 bits per heavy atom. The summed E-state index contributed by atoms with van der Waals surface area (Å²) in [6.45, 7) is 4.81. The monoisotopic (exact) mass is 464 g/mol. The first-order valence-corrected chi connectivity index (χ1v) is 12.3. The minimum atomic E-state index is -2.56. The number of aromatic nitrogens is 3. The maximum atomic E-state index is 13.7. The minimum absolute atomic E-state index is 0.103. The van der Waals surface area contributed by atoms with Crippen LogP contribution in [0.2, 0.25) is 0 Å². The SMILES string of the molecule is Cc1cc(Nc2ncnc3cncc(N4CCC5(CC4)CC5)c23)cc(N2CCC(F)(F)CC2)c1. The molecule has 1 spiro atoms. The van der Waals surface area contributed by atoms with Crippen LogP contribution in [-0.2, 0) is 0 Å². The van der Waals surface area contributed by atoms with Gasteiger partial charge in [-0.2, -0.15) is 0 Å². The van der Waals surface area contributed by atoms with E-state index in [0.717, 1.165) is 52.4 Å². The molecule has 2 saturated heterocycles. The van der Waals surface area contributed by atoms with E-state index in [9.17, 15) is 8.78 Å². The summed E-state index contributed by atoms with van der Waals surface area (Å²) in [5.74, 6) is -1.81. The number of hydrogen-bond acceptors (Lipinski definition) is 6. The number of rotatable bonds is 4. The van der Waals surface area contributed by atoms with E-state index >= 15 is 0 Å². The molecular weight excluding hydrogens is 434 g/mol. The lowest BCUT2D eigenvalue weighted by atomic mass is 9.93. The first-order chi connectivity index (χ1) is 16.4. The van der Waals surface area contributed by atoms with Gasteiger partial charge in [0, 0.05) is 50.4 Å². The summed E-state index contributed by atoms with van der Waals surface area (Å²) in [6.07, 6.45) is 10.3. The number of halogens is 2. The van der Waals surface area contributed by atoms with Gasteiger partial charge in [-0.25, -0.2) is 18.7 Å². The van der Waals surface area contributed by atoms with Gasteiger partial charge in [-0.15, -0.1) is 0 Å². The Labute approximate surface area is 198 Å². The highest BCUT2D eigenvalue weighted by molar-refractivity contribution is 6.00. The summed E-state index contributed by atoms with van der Waals surface area (Å²) in [5, 5.41) is 4.49. The van der Waals surface area contributed by atoms with Crippen molar-refractivity contribution in [1.82, 2.24) is 15.0 Å². The van der Waals surface area contributed by atoms with Crippen LogP contribution < -0.4 is 15.1 Å². The lowest BCUT2D eigenvalue weighted by Gasteiger charge is -2.34. The highest BCUT2D eigenvalue weighted by atomic mass is 19.3. The van der Waals surface area contributed by atoms with E-state index in [1.807, 2.05) is 24.1 Å². The highest BCUT2D eigenvalue weighted by Gasteiger charge is 2.44. The van der Waals surface area contributed by atoms with E-state index in [1.165, 1.54) is 25.7 Å². The summed E-state index contributed by atoms with van der Waals surface area (Å²) < 4.78 is 27.3. The smallest absolute Gasteiger partial charge is 0.251 e. The summed E-state index contributed by atoms with van der Waals surface area (Å²) in [5.41, 5.74) is 5.41. The summed E-state index contributed by atoms with van der Waals surface area (Å²) in [6, 6.07) is 6.15. The van der Waals surface area contributed by atoms with Crippen molar-refractivity contribution in [3.8, 4) is 0 Å². The third-order valence-corrected chi connectivity index (χ3v) is 7.83. The van der Waals surface area contributed by atoms with E-state index in [0.29, 0.717) is 18.5 Å². The summed E-state index contributed by atoms with van der Waals surface area (Å²) in [4.78, 5) is 18.0. The molecule has 0 bridgehead atoms. The fourth-order valence-electron chi connectivity index (χ4n) is 5.47. The van der Waals surface area contributed by atoms with Crippen molar-refractivity contribution < 1.29 is 8.78 Å². The predicted molar refractivity (Wildman–Crippen MR) is 131 cm³/mol. The van der Waals surface area contributed by atoms with Gasteiger partial charge in [-0.05, 0) is 61.8 Å². The average Bonchev–Trinajstić information content (AvgIpc) is 3.58. The van der Waals surface area contributed by atoms with E-state index in [1.54, 1.807) is 12.5 Å². The predicted octanol–water partition coefficient (Wildman–Crippen LogP) is 5.69. The molecule has 8 heteroatoms. The zero-order valence-corrected chi connectivity index (χ0v) is 19.5. The third-order valence-electron chi connectivity index (χ3n) is 7.83. The second-order valence-corrected chi connectivity index (χ2v) is 10.3. The van der Waals surface area contributed by atoms with Crippen molar-refractivity contribution in [1.29, 1.82) is 0 Å².